The molecule has 0 radical (unpaired) electrons. The number of carbonyl (C=O) groups excluding carboxylic acids is 1. The third kappa shape index (κ3) is 3.53. The molecule has 30 heavy (non-hydrogen) atoms. The molecule has 1 fully saturated rings. The second-order valence-corrected chi connectivity index (χ2v) is 8.26. The fraction of sp³-hybridized carbons (Fsp3) is 0.500. The summed E-state index contributed by atoms with van der Waals surface area (Å²) in [6, 6.07) is 4.27. The van der Waals surface area contributed by atoms with Crippen molar-refractivity contribution in [2.24, 2.45) is 10.7 Å². The Labute approximate surface area is 173 Å². The predicted octanol–water partition coefficient (Wildman–Crippen LogP) is 3.84. The Balaban J connectivity index is 1.71. The number of amidine groups is 1. The van der Waals surface area contributed by atoms with E-state index in [-0.39, 0.29) is 49.2 Å². The van der Waals surface area contributed by atoms with Gasteiger partial charge in [-0.15, -0.1) is 0 Å². The maximum atomic E-state index is 15.7. The van der Waals surface area contributed by atoms with Crippen molar-refractivity contribution in [1.29, 1.82) is 0 Å². The van der Waals surface area contributed by atoms with Crippen LogP contribution < -0.4 is 5.73 Å². The zero-order chi connectivity index (χ0) is 21.5. The van der Waals surface area contributed by atoms with Crippen LogP contribution in [-0.2, 0) is 16.7 Å². The number of Topliss-reactive ketones (excluding diaryl/α,β-unsaturated/α-hetero) is 1. The van der Waals surface area contributed by atoms with Crippen LogP contribution in [0, 0.1) is 5.82 Å². The van der Waals surface area contributed by atoms with E-state index in [1.54, 1.807) is 6.92 Å². The van der Waals surface area contributed by atoms with E-state index in [1.807, 2.05) is 0 Å². The lowest BCUT2D eigenvalue weighted by Gasteiger charge is -2.39. The minimum atomic E-state index is -1.99. The maximum absolute atomic E-state index is 15.7. The van der Waals surface area contributed by atoms with E-state index < -0.39 is 17.0 Å². The Hall–Kier alpha value is -2.61. The van der Waals surface area contributed by atoms with Crippen LogP contribution in [0.25, 0.3) is 0 Å². The molecule has 6 nitrogen and oxygen atoms in total. The maximum Gasteiger partial charge on any atom is 0.189 e. The van der Waals surface area contributed by atoms with Crippen LogP contribution in [0.5, 0.6) is 0 Å². The van der Waals surface area contributed by atoms with Crippen molar-refractivity contribution in [3.05, 3.63) is 53.0 Å². The highest BCUT2D eigenvalue weighted by Gasteiger charge is 2.52. The normalized spacial score (nSPS) is 26.9. The summed E-state index contributed by atoms with van der Waals surface area (Å²) in [6.45, 7) is 2.79. The first kappa shape index (κ1) is 20.7. The smallest absolute Gasteiger partial charge is 0.189 e. The summed E-state index contributed by atoms with van der Waals surface area (Å²) < 4.78 is 41.3. The first-order valence-electron chi connectivity index (χ1n) is 10.1. The van der Waals surface area contributed by atoms with Crippen LogP contribution in [0.2, 0.25) is 0 Å². The molecule has 8 heteroatoms. The second kappa shape index (κ2) is 7.58. The lowest BCUT2D eigenvalue weighted by Crippen LogP contribution is -2.48. The van der Waals surface area contributed by atoms with E-state index in [2.05, 4.69) is 9.98 Å². The largest absolute Gasteiger partial charge is 0.447 e. The summed E-state index contributed by atoms with van der Waals surface area (Å²) in [5, 5.41) is 0. The third-order valence-electron chi connectivity index (χ3n) is 5.98. The minimum absolute atomic E-state index is 0.00196. The SMILES string of the molecule is CC[C@]1(c2cc(CC(=O)c3ncoc3C3CC3)ccc2F)N=C(N)COCC1(C)F. The minimum Gasteiger partial charge on any atom is -0.447 e. The molecule has 2 N–H and O–H groups in total. The number of halogens is 2. The number of nitrogens with zero attached hydrogens (tertiary/aromatic N) is 2. The van der Waals surface area contributed by atoms with Crippen molar-refractivity contribution in [2.45, 2.75) is 56.7 Å². The quantitative estimate of drug-likeness (QED) is 0.721. The lowest BCUT2D eigenvalue weighted by molar-refractivity contribution is -0.00941. The van der Waals surface area contributed by atoms with Crippen LogP contribution in [0.15, 0.2) is 34.0 Å². The number of aromatic nitrogens is 1. The Kier molecular flexibility index (Phi) is 5.22. The van der Waals surface area contributed by atoms with Gasteiger partial charge >= 0.3 is 0 Å². The molecule has 1 aliphatic carbocycles. The van der Waals surface area contributed by atoms with E-state index >= 15 is 4.39 Å². The Morgan fingerprint density at radius 1 is 1.37 bits per heavy atom. The van der Waals surface area contributed by atoms with Gasteiger partial charge in [-0.05, 0) is 43.9 Å². The number of hydrogen-bond acceptors (Lipinski definition) is 6. The molecule has 1 unspecified atom stereocenters. The number of rotatable bonds is 6. The molecule has 2 atom stereocenters. The molecule has 1 saturated carbocycles. The number of benzene rings is 1. The molecule has 2 aliphatic rings. The summed E-state index contributed by atoms with van der Waals surface area (Å²) in [6.07, 6.45) is 3.41. The van der Waals surface area contributed by atoms with Gasteiger partial charge in [-0.25, -0.2) is 13.8 Å². The predicted molar refractivity (Wildman–Crippen MR) is 107 cm³/mol. The second-order valence-electron chi connectivity index (χ2n) is 8.26. The average molecular weight is 417 g/mol. The molecular formula is C22H25F2N3O3. The fourth-order valence-electron chi connectivity index (χ4n) is 4.21. The molecule has 0 amide bonds. The first-order chi connectivity index (χ1) is 14.3. The van der Waals surface area contributed by atoms with Gasteiger partial charge in [0.05, 0.1) is 6.61 Å². The van der Waals surface area contributed by atoms with Gasteiger partial charge in [0.15, 0.2) is 17.8 Å². The molecule has 1 aromatic heterocycles. The van der Waals surface area contributed by atoms with Crippen LogP contribution in [0.3, 0.4) is 0 Å². The standard InChI is InChI=1S/C22H25F2N3O3/c1-3-22(21(2,24)11-29-10-18(25)27-22)15-8-13(4-7-16(15)23)9-17(28)19-20(14-5-6-14)30-12-26-19/h4,7-8,12,14H,3,5-6,9-11H2,1-2H3,(H2,25,27)/t21?,22-/m1/s1. The molecular weight excluding hydrogens is 392 g/mol. The molecule has 2 aromatic rings. The van der Waals surface area contributed by atoms with E-state index in [4.69, 9.17) is 14.9 Å². The van der Waals surface area contributed by atoms with Crippen LogP contribution in [-0.4, -0.2) is 35.5 Å². The monoisotopic (exact) mass is 417 g/mol. The number of hydrogen-bond donors (Lipinski definition) is 1. The number of ketones is 1. The van der Waals surface area contributed by atoms with Crippen molar-refractivity contribution in [2.75, 3.05) is 13.2 Å². The van der Waals surface area contributed by atoms with Crippen LogP contribution in [0.1, 0.15) is 66.4 Å². The van der Waals surface area contributed by atoms with Gasteiger partial charge in [-0.1, -0.05) is 13.0 Å². The van der Waals surface area contributed by atoms with Gasteiger partial charge in [-0.2, -0.15) is 0 Å². The fourth-order valence-corrected chi connectivity index (χ4v) is 4.21. The average Bonchev–Trinajstić information content (AvgIpc) is 3.44. The third-order valence-corrected chi connectivity index (χ3v) is 5.98. The van der Waals surface area contributed by atoms with E-state index in [0.717, 1.165) is 12.8 Å². The van der Waals surface area contributed by atoms with E-state index in [1.165, 1.54) is 31.5 Å². The van der Waals surface area contributed by atoms with Crippen molar-refractivity contribution >= 4 is 11.6 Å². The molecule has 2 heterocycles. The number of oxazole rings is 1. The van der Waals surface area contributed by atoms with Gasteiger partial charge in [0.1, 0.15) is 35.3 Å². The number of carbonyl (C=O) groups is 1. The zero-order valence-electron chi connectivity index (χ0n) is 17.1. The molecule has 4 rings (SSSR count). The number of alkyl halides is 1. The van der Waals surface area contributed by atoms with Crippen LogP contribution >= 0.6 is 0 Å². The summed E-state index contributed by atoms with van der Waals surface area (Å²) in [4.78, 5) is 21.3. The molecule has 0 saturated heterocycles. The lowest BCUT2D eigenvalue weighted by atomic mass is 9.74. The van der Waals surface area contributed by atoms with Gasteiger partial charge < -0.3 is 14.9 Å². The highest BCUT2D eigenvalue weighted by atomic mass is 19.1. The zero-order valence-corrected chi connectivity index (χ0v) is 17.1. The van der Waals surface area contributed by atoms with Gasteiger partial charge in [0.2, 0.25) is 0 Å². The van der Waals surface area contributed by atoms with Gasteiger partial charge in [0, 0.05) is 17.9 Å². The van der Waals surface area contributed by atoms with Gasteiger partial charge in [0.25, 0.3) is 0 Å². The highest BCUT2D eigenvalue weighted by molar-refractivity contribution is 5.96. The first-order valence-corrected chi connectivity index (χ1v) is 10.1. The Morgan fingerprint density at radius 2 is 2.13 bits per heavy atom. The van der Waals surface area contributed by atoms with Crippen molar-refractivity contribution in [3.8, 4) is 0 Å². The highest BCUT2D eigenvalue weighted by Crippen LogP contribution is 2.45. The molecule has 0 bridgehead atoms. The molecule has 160 valence electrons. The number of nitrogens with two attached hydrogens (primary N) is 1. The summed E-state index contributed by atoms with van der Waals surface area (Å²) in [5.74, 6) is 0.145. The van der Waals surface area contributed by atoms with Crippen LogP contribution in [0.4, 0.5) is 8.78 Å². The molecule has 1 aromatic carbocycles. The summed E-state index contributed by atoms with van der Waals surface area (Å²) >= 11 is 0. The Bertz CT molecular complexity index is 997. The summed E-state index contributed by atoms with van der Waals surface area (Å²) in [5.41, 5.74) is 3.28. The summed E-state index contributed by atoms with van der Waals surface area (Å²) in [7, 11) is 0. The number of ether oxygens (including phenoxy) is 1. The topological polar surface area (TPSA) is 90.7 Å². The van der Waals surface area contributed by atoms with Crippen molar-refractivity contribution in [1.82, 2.24) is 4.98 Å². The molecule has 1 aliphatic heterocycles. The van der Waals surface area contributed by atoms with Gasteiger partial charge in [-0.3, -0.25) is 9.79 Å². The Morgan fingerprint density at radius 3 is 2.83 bits per heavy atom. The van der Waals surface area contributed by atoms with E-state index in [0.29, 0.717) is 17.0 Å². The molecule has 0 spiro atoms. The van der Waals surface area contributed by atoms with E-state index in [9.17, 15) is 9.18 Å². The van der Waals surface area contributed by atoms with Crippen molar-refractivity contribution < 1.29 is 22.7 Å². The number of aliphatic imine (C=N–C) groups is 1. The van der Waals surface area contributed by atoms with Crippen molar-refractivity contribution in [3.63, 3.8) is 0 Å².